The summed E-state index contributed by atoms with van der Waals surface area (Å²) in [5.74, 6) is -1.93. The number of carboxylic acid groups (broad SMARTS) is 1. The highest BCUT2D eigenvalue weighted by Gasteiger charge is 2.41. The average molecular weight is 314 g/mol. The summed E-state index contributed by atoms with van der Waals surface area (Å²) in [7, 11) is 0. The summed E-state index contributed by atoms with van der Waals surface area (Å²) in [5, 5.41) is 9.35. The van der Waals surface area contributed by atoms with E-state index in [1.807, 2.05) is 24.3 Å². The molecule has 1 aromatic rings. The fraction of sp³-hybridized carbons (Fsp3) is 0.385. The van der Waals surface area contributed by atoms with Gasteiger partial charge in [-0.1, -0.05) is 35.0 Å². The van der Waals surface area contributed by atoms with E-state index in [-0.39, 0.29) is 12.3 Å². The zero-order valence-corrected chi connectivity index (χ0v) is 11.9. The first-order valence-electron chi connectivity index (χ1n) is 5.54. The molecule has 0 saturated carbocycles. The lowest BCUT2D eigenvalue weighted by Crippen LogP contribution is -2.37. The normalized spacial score (nSPS) is 15.7. The second-order valence-electron chi connectivity index (χ2n) is 4.64. The minimum atomic E-state index is -1.19. The largest absolute Gasteiger partial charge is 0.481 e. The van der Waals surface area contributed by atoms with Gasteiger partial charge in [0.05, 0.1) is 5.41 Å². The van der Waals surface area contributed by atoms with E-state index < -0.39 is 17.3 Å². The van der Waals surface area contributed by atoms with Crippen LogP contribution in [0.25, 0.3) is 0 Å². The Labute approximate surface area is 114 Å². The number of nitrogens with two attached hydrogens (primary N) is 1. The van der Waals surface area contributed by atoms with Crippen LogP contribution >= 0.6 is 15.9 Å². The van der Waals surface area contributed by atoms with Crippen LogP contribution < -0.4 is 5.73 Å². The predicted molar refractivity (Wildman–Crippen MR) is 72.1 cm³/mol. The SMILES string of the molecule is C[C@H](c1ccc(Br)cc1)[C@@](C)(CC(N)=O)C(=O)O. The van der Waals surface area contributed by atoms with Gasteiger partial charge in [-0.2, -0.15) is 0 Å². The topological polar surface area (TPSA) is 80.4 Å². The number of halogens is 1. The maximum atomic E-state index is 11.4. The van der Waals surface area contributed by atoms with Gasteiger partial charge in [0.2, 0.25) is 5.91 Å². The second kappa shape index (κ2) is 5.52. The predicted octanol–water partition coefficient (Wildman–Crippen LogP) is 2.52. The van der Waals surface area contributed by atoms with E-state index in [9.17, 15) is 14.7 Å². The highest BCUT2D eigenvalue weighted by Crippen LogP contribution is 2.39. The van der Waals surface area contributed by atoms with E-state index in [0.717, 1.165) is 10.0 Å². The first kappa shape index (κ1) is 14.7. The maximum Gasteiger partial charge on any atom is 0.310 e. The summed E-state index contributed by atoms with van der Waals surface area (Å²) in [6.07, 6.45) is -0.181. The molecule has 0 fully saturated rings. The zero-order chi connectivity index (χ0) is 13.9. The third-order valence-corrected chi connectivity index (χ3v) is 3.88. The van der Waals surface area contributed by atoms with E-state index in [1.165, 1.54) is 0 Å². The molecule has 0 aliphatic rings. The standard InChI is InChI=1S/C13H16BrNO3/c1-8(9-3-5-10(14)6-4-9)13(2,12(17)18)7-11(15)16/h3-6,8H,7H2,1-2H3,(H2,15,16)(H,17,18)/t8-,13-/m1/s1. The molecule has 0 radical (unpaired) electrons. The molecule has 0 saturated heterocycles. The molecule has 0 bridgehead atoms. The van der Waals surface area contributed by atoms with E-state index in [1.54, 1.807) is 13.8 Å². The molecule has 5 heteroatoms. The molecule has 98 valence electrons. The van der Waals surface area contributed by atoms with Gasteiger partial charge in [-0.3, -0.25) is 9.59 Å². The van der Waals surface area contributed by atoms with Crippen LogP contribution in [0.15, 0.2) is 28.7 Å². The number of hydrogen-bond donors (Lipinski definition) is 2. The van der Waals surface area contributed by atoms with Crippen LogP contribution in [0.5, 0.6) is 0 Å². The van der Waals surface area contributed by atoms with Crippen LogP contribution in [-0.2, 0) is 9.59 Å². The first-order chi connectivity index (χ1) is 8.27. The number of carboxylic acids is 1. The fourth-order valence-electron chi connectivity index (χ4n) is 1.90. The van der Waals surface area contributed by atoms with Crippen molar-refractivity contribution < 1.29 is 14.7 Å². The monoisotopic (exact) mass is 313 g/mol. The number of aliphatic carboxylic acids is 1. The van der Waals surface area contributed by atoms with Gasteiger partial charge in [0.25, 0.3) is 0 Å². The molecule has 4 nitrogen and oxygen atoms in total. The number of hydrogen-bond acceptors (Lipinski definition) is 2. The van der Waals surface area contributed by atoms with Crippen molar-refractivity contribution in [3.05, 3.63) is 34.3 Å². The molecule has 0 spiro atoms. The Bertz CT molecular complexity index is 458. The van der Waals surface area contributed by atoms with Crippen molar-refractivity contribution in [3.63, 3.8) is 0 Å². The Kier molecular flexibility index (Phi) is 4.51. The third kappa shape index (κ3) is 3.10. The molecule has 1 rings (SSSR count). The van der Waals surface area contributed by atoms with Gasteiger partial charge >= 0.3 is 5.97 Å². The van der Waals surface area contributed by atoms with Gasteiger partial charge in [0.1, 0.15) is 0 Å². The first-order valence-corrected chi connectivity index (χ1v) is 6.34. The third-order valence-electron chi connectivity index (χ3n) is 3.36. The maximum absolute atomic E-state index is 11.4. The summed E-state index contributed by atoms with van der Waals surface area (Å²) >= 11 is 3.32. The lowest BCUT2D eigenvalue weighted by molar-refractivity contribution is -0.151. The van der Waals surface area contributed by atoms with Crippen LogP contribution in [0.1, 0.15) is 31.7 Å². The summed E-state index contributed by atoms with van der Waals surface area (Å²) in [6, 6.07) is 7.38. The van der Waals surface area contributed by atoms with Crippen LogP contribution in [0.3, 0.4) is 0 Å². The number of carbonyl (C=O) groups excluding carboxylic acids is 1. The van der Waals surface area contributed by atoms with Crippen molar-refractivity contribution in [2.75, 3.05) is 0 Å². The molecule has 2 atom stereocenters. The molecule has 1 amide bonds. The second-order valence-corrected chi connectivity index (χ2v) is 5.55. The lowest BCUT2D eigenvalue weighted by atomic mass is 9.72. The molecular weight excluding hydrogens is 298 g/mol. The van der Waals surface area contributed by atoms with Gasteiger partial charge in [-0.15, -0.1) is 0 Å². The van der Waals surface area contributed by atoms with Crippen LogP contribution in [0.4, 0.5) is 0 Å². The van der Waals surface area contributed by atoms with Gasteiger partial charge in [0.15, 0.2) is 0 Å². The van der Waals surface area contributed by atoms with E-state index >= 15 is 0 Å². The fourth-order valence-corrected chi connectivity index (χ4v) is 2.16. The molecular formula is C13H16BrNO3. The highest BCUT2D eigenvalue weighted by molar-refractivity contribution is 9.10. The van der Waals surface area contributed by atoms with Crippen molar-refractivity contribution in [3.8, 4) is 0 Å². The van der Waals surface area contributed by atoms with Gasteiger partial charge in [0, 0.05) is 10.9 Å². The summed E-state index contributed by atoms with van der Waals surface area (Å²) in [5.41, 5.74) is 4.82. The molecule has 1 aromatic carbocycles. The minimum Gasteiger partial charge on any atom is -0.481 e. The molecule has 0 aliphatic carbocycles. The number of carbonyl (C=O) groups is 2. The highest BCUT2D eigenvalue weighted by atomic mass is 79.9. The molecule has 0 unspecified atom stereocenters. The van der Waals surface area contributed by atoms with E-state index in [0.29, 0.717) is 0 Å². The molecule has 3 N–H and O–H groups in total. The Morgan fingerprint density at radius 1 is 1.39 bits per heavy atom. The molecule has 18 heavy (non-hydrogen) atoms. The van der Waals surface area contributed by atoms with Crippen molar-refractivity contribution in [2.24, 2.45) is 11.1 Å². The number of benzene rings is 1. The van der Waals surface area contributed by atoms with Gasteiger partial charge in [-0.05, 0) is 30.5 Å². The van der Waals surface area contributed by atoms with Crippen molar-refractivity contribution in [2.45, 2.75) is 26.2 Å². The quantitative estimate of drug-likeness (QED) is 0.876. The van der Waals surface area contributed by atoms with Gasteiger partial charge in [-0.25, -0.2) is 0 Å². The van der Waals surface area contributed by atoms with Crippen molar-refractivity contribution in [1.82, 2.24) is 0 Å². The number of amides is 1. The Morgan fingerprint density at radius 2 is 1.89 bits per heavy atom. The summed E-state index contributed by atoms with van der Waals surface area (Å²) in [4.78, 5) is 22.5. The Hall–Kier alpha value is -1.36. The number of rotatable bonds is 5. The van der Waals surface area contributed by atoms with Crippen molar-refractivity contribution in [1.29, 1.82) is 0 Å². The average Bonchev–Trinajstić information content (AvgIpc) is 2.27. The summed E-state index contributed by atoms with van der Waals surface area (Å²) in [6.45, 7) is 3.34. The lowest BCUT2D eigenvalue weighted by Gasteiger charge is -2.30. The molecule has 0 aliphatic heterocycles. The van der Waals surface area contributed by atoms with Crippen LogP contribution in [0.2, 0.25) is 0 Å². The van der Waals surface area contributed by atoms with Crippen LogP contribution in [0, 0.1) is 5.41 Å². The molecule has 0 heterocycles. The van der Waals surface area contributed by atoms with Crippen LogP contribution in [-0.4, -0.2) is 17.0 Å². The zero-order valence-electron chi connectivity index (χ0n) is 10.3. The van der Waals surface area contributed by atoms with Crippen molar-refractivity contribution >= 4 is 27.8 Å². The Morgan fingerprint density at radius 3 is 2.28 bits per heavy atom. The van der Waals surface area contributed by atoms with E-state index in [4.69, 9.17) is 5.73 Å². The number of primary amides is 1. The minimum absolute atomic E-state index is 0.181. The molecule has 0 aromatic heterocycles. The smallest absolute Gasteiger partial charge is 0.310 e. The Balaban J connectivity index is 3.10. The van der Waals surface area contributed by atoms with Gasteiger partial charge < -0.3 is 10.8 Å². The van der Waals surface area contributed by atoms with E-state index in [2.05, 4.69) is 15.9 Å². The summed E-state index contributed by atoms with van der Waals surface area (Å²) < 4.78 is 0.922.